The van der Waals surface area contributed by atoms with Gasteiger partial charge in [0.25, 0.3) is 0 Å². The summed E-state index contributed by atoms with van der Waals surface area (Å²) in [5.74, 6) is 0.334. The van der Waals surface area contributed by atoms with Crippen LogP contribution < -0.4 is 10.1 Å². The first-order valence-electron chi connectivity index (χ1n) is 6.74. The molecule has 7 heteroatoms. The predicted octanol–water partition coefficient (Wildman–Crippen LogP) is 2.93. The summed E-state index contributed by atoms with van der Waals surface area (Å²) in [6, 6.07) is 9.18. The van der Waals surface area contributed by atoms with Gasteiger partial charge < -0.3 is 10.1 Å². The molecule has 0 aliphatic rings. The van der Waals surface area contributed by atoms with Gasteiger partial charge >= 0.3 is 0 Å². The number of hydrogen-bond acceptors (Lipinski definition) is 5. The van der Waals surface area contributed by atoms with E-state index in [4.69, 9.17) is 4.74 Å². The number of nitrogens with zero attached hydrogens (tertiary/aromatic N) is 1. The number of benzene rings is 1. The summed E-state index contributed by atoms with van der Waals surface area (Å²) in [5.41, 5.74) is 0.820. The molecule has 2 rings (SSSR count). The minimum atomic E-state index is -3.52. The van der Waals surface area contributed by atoms with Crippen LogP contribution in [0.3, 0.4) is 0 Å². The number of thiophene rings is 1. The lowest BCUT2D eigenvalue weighted by molar-refractivity contribution is 0.400. The van der Waals surface area contributed by atoms with E-state index in [0.29, 0.717) is 12.3 Å². The van der Waals surface area contributed by atoms with Crippen LogP contribution in [0.1, 0.15) is 9.75 Å². The molecule has 0 spiro atoms. The van der Waals surface area contributed by atoms with Crippen molar-refractivity contribution in [3.05, 3.63) is 40.1 Å². The fourth-order valence-corrected chi connectivity index (χ4v) is 3.82. The van der Waals surface area contributed by atoms with Crippen molar-refractivity contribution in [2.45, 2.75) is 18.4 Å². The third kappa shape index (κ3) is 3.60. The Hall–Kier alpha value is -1.57. The number of anilines is 1. The largest absolute Gasteiger partial charge is 0.495 e. The zero-order chi connectivity index (χ0) is 16.3. The molecule has 0 bridgehead atoms. The molecule has 1 heterocycles. The molecule has 0 amide bonds. The van der Waals surface area contributed by atoms with E-state index in [0.717, 1.165) is 5.69 Å². The summed E-state index contributed by atoms with van der Waals surface area (Å²) >= 11 is 1.73. The molecule has 0 unspecified atom stereocenters. The molecule has 0 aliphatic carbocycles. The quantitative estimate of drug-likeness (QED) is 0.878. The van der Waals surface area contributed by atoms with Gasteiger partial charge in [0.05, 0.1) is 7.11 Å². The SMILES string of the molecule is COc1cc(NCc2ccc(C)s2)ccc1S(=O)(=O)N(C)C. The second-order valence-electron chi connectivity index (χ2n) is 5.02. The van der Waals surface area contributed by atoms with E-state index in [1.54, 1.807) is 29.5 Å². The van der Waals surface area contributed by atoms with Gasteiger partial charge in [0.15, 0.2) is 0 Å². The van der Waals surface area contributed by atoms with Crippen molar-refractivity contribution < 1.29 is 13.2 Å². The standard InChI is InChI=1S/C15H20N2O3S2/c1-11-5-7-13(21-11)10-16-12-6-8-15(14(9-12)20-4)22(18,19)17(2)3/h5-9,16H,10H2,1-4H3. The Balaban J connectivity index is 2.22. The minimum absolute atomic E-state index is 0.164. The highest BCUT2D eigenvalue weighted by molar-refractivity contribution is 7.89. The average Bonchev–Trinajstić information content (AvgIpc) is 2.90. The number of methoxy groups -OCH3 is 1. The second-order valence-corrected chi connectivity index (χ2v) is 8.51. The number of ether oxygens (including phenoxy) is 1. The number of hydrogen-bond donors (Lipinski definition) is 1. The molecule has 0 fully saturated rings. The summed E-state index contributed by atoms with van der Waals surface area (Å²) in [4.78, 5) is 2.65. The third-order valence-corrected chi connectivity index (χ3v) is 6.04. The molecule has 120 valence electrons. The van der Waals surface area contributed by atoms with Crippen molar-refractivity contribution in [3.8, 4) is 5.75 Å². The van der Waals surface area contributed by atoms with E-state index < -0.39 is 10.0 Å². The Morgan fingerprint density at radius 1 is 1.23 bits per heavy atom. The Labute approximate surface area is 135 Å². The van der Waals surface area contributed by atoms with Gasteiger partial charge in [0.1, 0.15) is 10.6 Å². The smallest absolute Gasteiger partial charge is 0.246 e. The minimum Gasteiger partial charge on any atom is -0.495 e. The summed E-state index contributed by atoms with van der Waals surface area (Å²) in [6.07, 6.45) is 0. The van der Waals surface area contributed by atoms with Gasteiger partial charge in [0.2, 0.25) is 10.0 Å². The molecule has 0 saturated heterocycles. The lowest BCUT2D eigenvalue weighted by atomic mass is 10.3. The maximum atomic E-state index is 12.2. The van der Waals surface area contributed by atoms with Crippen LogP contribution in [0, 0.1) is 6.92 Å². The topological polar surface area (TPSA) is 58.6 Å². The zero-order valence-corrected chi connectivity index (χ0v) is 14.7. The van der Waals surface area contributed by atoms with Crippen LogP contribution in [0.2, 0.25) is 0 Å². The van der Waals surface area contributed by atoms with Gasteiger partial charge in [-0.25, -0.2) is 12.7 Å². The summed E-state index contributed by atoms with van der Waals surface area (Å²) in [6.45, 7) is 2.76. The van der Waals surface area contributed by atoms with Gasteiger partial charge in [-0.05, 0) is 31.2 Å². The van der Waals surface area contributed by atoms with Crippen molar-refractivity contribution >= 4 is 27.0 Å². The first-order chi connectivity index (χ1) is 10.3. The molecule has 22 heavy (non-hydrogen) atoms. The fraction of sp³-hybridized carbons (Fsp3) is 0.333. The van der Waals surface area contributed by atoms with E-state index >= 15 is 0 Å². The van der Waals surface area contributed by atoms with Gasteiger partial charge in [-0.15, -0.1) is 11.3 Å². The van der Waals surface area contributed by atoms with Crippen molar-refractivity contribution in [2.24, 2.45) is 0 Å². The van der Waals surface area contributed by atoms with Crippen molar-refractivity contribution in [1.29, 1.82) is 0 Å². The highest BCUT2D eigenvalue weighted by Crippen LogP contribution is 2.29. The number of nitrogens with one attached hydrogen (secondary N) is 1. The van der Waals surface area contributed by atoms with E-state index in [2.05, 4.69) is 24.4 Å². The molecular formula is C15H20N2O3S2. The monoisotopic (exact) mass is 340 g/mol. The molecule has 2 aromatic rings. The van der Waals surface area contributed by atoms with E-state index in [-0.39, 0.29) is 4.90 Å². The molecular weight excluding hydrogens is 320 g/mol. The molecule has 0 radical (unpaired) electrons. The Morgan fingerprint density at radius 3 is 2.50 bits per heavy atom. The van der Waals surface area contributed by atoms with Crippen LogP contribution in [0.5, 0.6) is 5.75 Å². The van der Waals surface area contributed by atoms with E-state index in [1.807, 2.05) is 0 Å². The zero-order valence-electron chi connectivity index (χ0n) is 13.1. The van der Waals surface area contributed by atoms with Gasteiger partial charge in [-0.1, -0.05) is 0 Å². The Morgan fingerprint density at radius 2 is 1.95 bits per heavy atom. The van der Waals surface area contributed by atoms with Crippen LogP contribution in [0.15, 0.2) is 35.2 Å². The first kappa shape index (κ1) is 16.8. The molecule has 1 aromatic heterocycles. The van der Waals surface area contributed by atoms with Crippen LogP contribution in [0.25, 0.3) is 0 Å². The van der Waals surface area contributed by atoms with Crippen molar-refractivity contribution in [1.82, 2.24) is 4.31 Å². The lowest BCUT2D eigenvalue weighted by Gasteiger charge is -2.15. The average molecular weight is 340 g/mol. The van der Waals surface area contributed by atoms with Crippen molar-refractivity contribution in [2.75, 3.05) is 26.5 Å². The fourth-order valence-electron chi connectivity index (χ4n) is 1.96. The second kappa shape index (κ2) is 6.68. The van der Waals surface area contributed by atoms with Crippen LogP contribution in [0.4, 0.5) is 5.69 Å². The predicted molar refractivity (Wildman–Crippen MR) is 90.2 cm³/mol. The normalized spacial score (nSPS) is 11.7. The van der Waals surface area contributed by atoms with Gasteiger partial charge in [-0.3, -0.25) is 0 Å². The number of rotatable bonds is 6. The van der Waals surface area contributed by atoms with E-state index in [9.17, 15) is 8.42 Å². The highest BCUT2D eigenvalue weighted by Gasteiger charge is 2.22. The summed E-state index contributed by atoms with van der Waals surface area (Å²) < 4.78 is 30.9. The molecule has 1 N–H and O–H groups in total. The maximum absolute atomic E-state index is 12.2. The van der Waals surface area contributed by atoms with Crippen LogP contribution in [-0.4, -0.2) is 33.9 Å². The van der Waals surface area contributed by atoms with Gasteiger partial charge in [-0.2, -0.15) is 0 Å². The molecule has 0 aliphatic heterocycles. The molecule has 1 aromatic carbocycles. The Bertz CT molecular complexity index is 752. The maximum Gasteiger partial charge on any atom is 0.246 e. The highest BCUT2D eigenvalue weighted by atomic mass is 32.2. The van der Waals surface area contributed by atoms with E-state index in [1.165, 1.54) is 35.3 Å². The Kier molecular flexibility index (Phi) is 5.10. The van der Waals surface area contributed by atoms with Crippen LogP contribution >= 0.6 is 11.3 Å². The number of sulfonamides is 1. The first-order valence-corrected chi connectivity index (χ1v) is 9.00. The summed E-state index contributed by atoms with van der Waals surface area (Å²) in [7, 11) is 0.951. The lowest BCUT2D eigenvalue weighted by Crippen LogP contribution is -2.22. The van der Waals surface area contributed by atoms with Gasteiger partial charge in [0, 0.05) is 42.1 Å². The summed E-state index contributed by atoms with van der Waals surface area (Å²) in [5, 5.41) is 3.28. The number of aryl methyl sites for hydroxylation is 1. The molecule has 0 saturated carbocycles. The molecule has 0 atom stereocenters. The molecule has 5 nitrogen and oxygen atoms in total. The van der Waals surface area contributed by atoms with Crippen LogP contribution in [-0.2, 0) is 16.6 Å². The van der Waals surface area contributed by atoms with Crippen molar-refractivity contribution in [3.63, 3.8) is 0 Å². The third-order valence-electron chi connectivity index (χ3n) is 3.19.